The molecule has 0 unspecified atom stereocenters. The molecule has 1 heterocycles. The topological polar surface area (TPSA) is 144 Å². The quantitative estimate of drug-likeness (QED) is 0.293. The molecular weight excluding hydrogens is 270 g/mol. The van der Waals surface area contributed by atoms with Crippen molar-refractivity contribution in [2.75, 3.05) is 0 Å². The van der Waals surface area contributed by atoms with Crippen molar-refractivity contribution in [3.63, 3.8) is 0 Å². The Kier molecular flexibility index (Phi) is 4.85. The van der Waals surface area contributed by atoms with Crippen LogP contribution >= 0.6 is 0 Å². The zero-order chi connectivity index (χ0) is 16.3. The van der Waals surface area contributed by atoms with Crippen LogP contribution in [0.1, 0.15) is 34.1 Å². The Morgan fingerprint density at radius 3 is 2.19 bits per heavy atom. The van der Waals surface area contributed by atoms with Gasteiger partial charge >= 0.3 is 0 Å². The maximum atomic E-state index is 11.6. The molecule has 0 aliphatic carbocycles. The summed E-state index contributed by atoms with van der Waals surface area (Å²) in [6.45, 7) is 6.91. The summed E-state index contributed by atoms with van der Waals surface area (Å²) in [4.78, 5) is 16.0. The van der Waals surface area contributed by atoms with Crippen LogP contribution in [-0.2, 0) is 4.79 Å². The molecule has 0 fully saturated rings. The Balaban J connectivity index is 3.14. The van der Waals surface area contributed by atoms with E-state index in [0.717, 1.165) is 16.3 Å². The van der Waals surface area contributed by atoms with E-state index in [1.54, 1.807) is 13.8 Å². The molecule has 114 valence electrons. The fourth-order valence-corrected chi connectivity index (χ4v) is 2.09. The molecule has 8 nitrogen and oxygen atoms in total. The molecule has 0 aromatic rings. The fraction of sp³-hybridized carbons (Fsp3) is 0.385. The molecule has 0 bridgehead atoms. The summed E-state index contributed by atoms with van der Waals surface area (Å²) in [5.74, 6) is -0.818. The van der Waals surface area contributed by atoms with E-state index in [0.29, 0.717) is 23.4 Å². The second kappa shape index (κ2) is 6.21. The summed E-state index contributed by atoms with van der Waals surface area (Å²) in [6, 6.07) is 0. The summed E-state index contributed by atoms with van der Waals surface area (Å²) in [5.41, 5.74) is 17.1. The lowest BCUT2D eigenvalue weighted by atomic mass is 9.94. The average Bonchev–Trinajstić information content (AvgIpc) is 2.34. The molecule has 1 aliphatic rings. The Bertz CT molecular complexity index is 584. The van der Waals surface area contributed by atoms with E-state index in [1.165, 1.54) is 6.92 Å². The fourth-order valence-electron chi connectivity index (χ4n) is 2.09. The molecule has 7 N–H and O–H groups in total. The van der Waals surface area contributed by atoms with Crippen molar-refractivity contribution in [2.24, 2.45) is 16.5 Å². The predicted molar refractivity (Wildman–Crippen MR) is 82.6 cm³/mol. The van der Waals surface area contributed by atoms with Crippen LogP contribution in [0, 0.1) is 10.8 Å². The lowest BCUT2D eigenvalue weighted by Crippen LogP contribution is -2.52. The molecule has 21 heavy (non-hydrogen) atoms. The monoisotopic (exact) mass is 291 g/mol. The number of carbonyl (C=O) groups excluding carboxylic acids is 1. The molecule has 8 heteroatoms. The third kappa shape index (κ3) is 3.68. The maximum Gasteiger partial charge on any atom is 0.215 e. The average molecular weight is 291 g/mol. The van der Waals surface area contributed by atoms with Crippen molar-refractivity contribution in [1.29, 1.82) is 10.8 Å². The van der Waals surface area contributed by atoms with E-state index in [9.17, 15) is 4.79 Å². The zero-order valence-corrected chi connectivity index (χ0v) is 12.7. The number of guanidine groups is 2. The normalized spacial score (nSPS) is 17.0. The molecule has 1 rings (SSSR count). The number of nitrogens with zero attached hydrogens (tertiary/aromatic N) is 2. The van der Waals surface area contributed by atoms with Crippen LogP contribution < -0.4 is 16.9 Å². The minimum absolute atomic E-state index is 0.0240. The number of hydrogen-bond acceptors (Lipinski definition) is 5. The Hall–Kier alpha value is -2.64. The Morgan fingerprint density at radius 1 is 1.24 bits per heavy atom. The van der Waals surface area contributed by atoms with E-state index in [1.807, 2.05) is 6.92 Å². The number of hydrogen-bond donors (Lipinski definition) is 5. The van der Waals surface area contributed by atoms with Gasteiger partial charge in [-0.15, -0.1) is 0 Å². The van der Waals surface area contributed by atoms with Crippen LogP contribution in [0.4, 0.5) is 0 Å². The number of rotatable bonds is 3. The molecule has 0 aromatic carbocycles. The van der Waals surface area contributed by atoms with Crippen molar-refractivity contribution in [2.45, 2.75) is 34.1 Å². The molecule has 1 aliphatic heterocycles. The molecule has 0 saturated carbocycles. The minimum Gasteiger partial charge on any atom is -0.368 e. The molecule has 0 aromatic heterocycles. The first-order valence-corrected chi connectivity index (χ1v) is 6.36. The molecule has 0 atom stereocenters. The number of hydrazine groups is 1. The third-order valence-electron chi connectivity index (χ3n) is 3.20. The highest BCUT2D eigenvalue weighted by Crippen LogP contribution is 2.25. The van der Waals surface area contributed by atoms with Crippen molar-refractivity contribution < 1.29 is 4.79 Å². The number of nitrogens with two attached hydrogens (primary N) is 2. The van der Waals surface area contributed by atoms with Crippen molar-refractivity contribution in [1.82, 2.24) is 10.4 Å². The van der Waals surface area contributed by atoms with E-state index in [2.05, 4.69) is 10.4 Å². The number of Topliss-reactive ketones (excluding diaryl/α,β-unsaturated/α-hetero) is 1. The highest BCUT2D eigenvalue weighted by atomic mass is 16.1. The molecule has 0 amide bonds. The van der Waals surface area contributed by atoms with Gasteiger partial charge in [0.25, 0.3) is 0 Å². The van der Waals surface area contributed by atoms with E-state index >= 15 is 0 Å². The van der Waals surface area contributed by atoms with Gasteiger partial charge < -0.3 is 11.5 Å². The van der Waals surface area contributed by atoms with Gasteiger partial charge in [0.15, 0.2) is 5.78 Å². The van der Waals surface area contributed by atoms with Gasteiger partial charge in [-0.3, -0.25) is 26.0 Å². The van der Waals surface area contributed by atoms with Gasteiger partial charge in [0.2, 0.25) is 11.9 Å². The second-order valence-electron chi connectivity index (χ2n) is 4.82. The lowest BCUT2D eigenvalue weighted by Gasteiger charge is -2.26. The highest BCUT2D eigenvalue weighted by molar-refractivity contribution is 6.05. The van der Waals surface area contributed by atoms with Gasteiger partial charge in [0.05, 0.1) is 0 Å². The van der Waals surface area contributed by atoms with Crippen LogP contribution in [0.3, 0.4) is 0 Å². The molecular formula is C13H21N7O. The summed E-state index contributed by atoms with van der Waals surface area (Å²) < 4.78 is 0. The Labute approximate surface area is 123 Å². The van der Waals surface area contributed by atoms with Gasteiger partial charge in [-0.05, 0) is 33.3 Å². The van der Waals surface area contributed by atoms with Gasteiger partial charge in [0, 0.05) is 29.1 Å². The van der Waals surface area contributed by atoms with Crippen LogP contribution in [0.5, 0.6) is 0 Å². The summed E-state index contributed by atoms with van der Waals surface area (Å²) in [5, 5.41) is 15.7. The smallest absolute Gasteiger partial charge is 0.215 e. The van der Waals surface area contributed by atoms with Crippen molar-refractivity contribution in [3.05, 3.63) is 22.5 Å². The van der Waals surface area contributed by atoms with Gasteiger partial charge in [-0.2, -0.15) is 5.01 Å². The number of allylic oxidation sites excluding steroid dienone is 4. The maximum absolute atomic E-state index is 11.6. The van der Waals surface area contributed by atoms with Crippen LogP contribution in [0.2, 0.25) is 0 Å². The number of carbonyl (C=O) groups is 1. The number of ketones is 1. The van der Waals surface area contributed by atoms with E-state index in [-0.39, 0.29) is 5.78 Å². The van der Waals surface area contributed by atoms with E-state index < -0.39 is 11.9 Å². The van der Waals surface area contributed by atoms with Gasteiger partial charge in [-0.1, -0.05) is 0 Å². The third-order valence-corrected chi connectivity index (χ3v) is 3.20. The first-order chi connectivity index (χ1) is 9.65. The highest BCUT2D eigenvalue weighted by Gasteiger charge is 2.21. The SMILES string of the molecule is CC(=O)C1=C(C)N=C(C)C(=C(C)NN(C(=N)N)C(=N)N)C1. The van der Waals surface area contributed by atoms with Crippen LogP contribution in [0.25, 0.3) is 0 Å². The minimum atomic E-state index is -0.397. The summed E-state index contributed by atoms with van der Waals surface area (Å²) in [6.07, 6.45) is 0.443. The molecule has 0 saturated heterocycles. The predicted octanol–water partition coefficient (Wildman–Crippen LogP) is 0.582. The summed E-state index contributed by atoms with van der Waals surface area (Å²) >= 11 is 0. The Morgan fingerprint density at radius 2 is 1.76 bits per heavy atom. The van der Waals surface area contributed by atoms with Crippen LogP contribution in [-0.4, -0.2) is 28.4 Å². The van der Waals surface area contributed by atoms with Crippen molar-refractivity contribution >= 4 is 23.4 Å². The first-order valence-electron chi connectivity index (χ1n) is 6.36. The van der Waals surface area contributed by atoms with Crippen LogP contribution in [0.15, 0.2) is 27.5 Å². The van der Waals surface area contributed by atoms with E-state index in [4.69, 9.17) is 22.3 Å². The first kappa shape index (κ1) is 16.4. The molecule has 0 spiro atoms. The lowest BCUT2D eigenvalue weighted by molar-refractivity contribution is -0.113. The largest absolute Gasteiger partial charge is 0.368 e. The van der Waals surface area contributed by atoms with Gasteiger partial charge in [0.1, 0.15) is 0 Å². The molecule has 0 radical (unpaired) electrons. The van der Waals surface area contributed by atoms with Crippen molar-refractivity contribution in [3.8, 4) is 0 Å². The number of aliphatic imine (C=N–C) groups is 1. The second-order valence-corrected chi connectivity index (χ2v) is 4.82. The standard InChI is InChI=1S/C13H21N7O/c1-6-10(5-11(9(4)21)7(2)18-6)8(3)19-20(12(14)15)13(16)17/h19H,5H2,1-4H3,(H3,14,15)(H3,16,17). The summed E-state index contributed by atoms with van der Waals surface area (Å²) in [7, 11) is 0. The number of nitrogens with one attached hydrogen (secondary N) is 3. The zero-order valence-electron chi connectivity index (χ0n) is 12.7. The van der Waals surface area contributed by atoms with Gasteiger partial charge in [-0.25, -0.2) is 0 Å².